The van der Waals surface area contributed by atoms with E-state index < -0.39 is 0 Å². The fourth-order valence-electron chi connectivity index (χ4n) is 3.91. The van der Waals surface area contributed by atoms with Crippen LogP contribution in [0.2, 0.25) is 4.98 Å². The maximum absolute atomic E-state index is 2.47. The second kappa shape index (κ2) is 13.3. The summed E-state index contributed by atoms with van der Waals surface area (Å²) in [5, 5.41) is 0. The van der Waals surface area contributed by atoms with Crippen molar-refractivity contribution < 1.29 is 0 Å². The summed E-state index contributed by atoms with van der Waals surface area (Å²) in [6.45, 7) is 2.47. The molecule has 0 saturated heterocycles. The molecular formula is C19H39Ga. The van der Waals surface area contributed by atoms with Crippen LogP contribution in [-0.2, 0) is 0 Å². The summed E-state index contributed by atoms with van der Waals surface area (Å²) < 4.78 is 0. The van der Waals surface area contributed by atoms with Crippen molar-refractivity contribution in [3.05, 3.63) is 0 Å². The van der Waals surface area contributed by atoms with Crippen LogP contribution in [0, 0.1) is 11.8 Å². The standard InChI is InChI=1S/C19H37.Ga.2H/c1-3-4-5-6-7-8-9-10-11-15-19-16-13-12-14-18(2)17-19;;;/h18-19H,1,3-17H2,2H3;;;. The molecule has 20 heavy (non-hydrogen) atoms. The molecule has 1 rings (SSSR count). The van der Waals surface area contributed by atoms with Crippen LogP contribution in [0.5, 0.6) is 0 Å². The molecule has 1 aliphatic rings. The Morgan fingerprint density at radius 1 is 0.750 bits per heavy atom. The van der Waals surface area contributed by atoms with E-state index in [1.54, 1.807) is 4.98 Å². The van der Waals surface area contributed by atoms with E-state index in [1.165, 1.54) is 96.3 Å². The van der Waals surface area contributed by atoms with Gasteiger partial charge in [-0.15, -0.1) is 0 Å². The Morgan fingerprint density at radius 3 is 1.95 bits per heavy atom. The molecule has 0 radical (unpaired) electrons. The summed E-state index contributed by atoms with van der Waals surface area (Å²) in [5.74, 6) is 2.08. The van der Waals surface area contributed by atoms with Gasteiger partial charge in [-0.25, -0.2) is 0 Å². The van der Waals surface area contributed by atoms with Crippen molar-refractivity contribution in [3.8, 4) is 0 Å². The van der Waals surface area contributed by atoms with Crippen LogP contribution in [0.1, 0.15) is 103 Å². The van der Waals surface area contributed by atoms with E-state index in [9.17, 15) is 0 Å². The molecule has 2 unspecified atom stereocenters. The topological polar surface area (TPSA) is 0 Å². The fourth-order valence-corrected chi connectivity index (χ4v) is 4.96. The molecule has 0 bridgehead atoms. The van der Waals surface area contributed by atoms with Gasteiger partial charge in [-0.1, -0.05) is 32.6 Å². The summed E-state index contributed by atoms with van der Waals surface area (Å²) in [6, 6.07) is 0. The maximum atomic E-state index is 2.47. The van der Waals surface area contributed by atoms with E-state index in [4.69, 9.17) is 0 Å². The molecule has 2 atom stereocenters. The molecule has 1 fully saturated rings. The van der Waals surface area contributed by atoms with Gasteiger partial charge in [-0.3, -0.25) is 0 Å². The van der Waals surface area contributed by atoms with E-state index >= 15 is 0 Å². The third-order valence-electron chi connectivity index (χ3n) is 5.26. The van der Waals surface area contributed by atoms with E-state index in [0.717, 1.165) is 30.4 Å². The Kier molecular flexibility index (Phi) is 12.4. The molecule has 1 heteroatoms. The zero-order chi connectivity index (χ0) is 14.5. The molecule has 0 N–H and O–H groups in total. The number of unbranched alkanes of at least 4 members (excludes halogenated alkanes) is 8. The van der Waals surface area contributed by atoms with Crippen LogP contribution in [0.4, 0.5) is 0 Å². The smallest absolute Gasteiger partial charge is 0.0479 e. The third-order valence-corrected chi connectivity index (χ3v) is 6.74. The van der Waals surface area contributed by atoms with Gasteiger partial charge in [0.1, 0.15) is 0 Å². The van der Waals surface area contributed by atoms with E-state index in [-0.39, 0.29) is 0 Å². The van der Waals surface area contributed by atoms with Gasteiger partial charge in [0.05, 0.1) is 0 Å². The minimum atomic E-state index is 1.01. The largest absolute Gasteiger partial charge is 0.0479 e. The zero-order valence-corrected chi connectivity index (χ0v) is 18.7. The van der Waals surface area contributed by atoms with Gasteiger partial charge in [0, 0.05) is 0 Å². The monoisotopic (exact) mass is 336 g/mol. The maximum Gasteiger partial charge on any atom is -0.0479 e. The third kappa shape index (κ3) is 10.4. The van der Waals surface area contributed by atoms with Crippen LogP contribution in [-0.4, -0.2) is 18.6 Å². The van der Waals surface area contributed by atoms with Gasteiger partial charge in [0.15, 0.2) is 0 Å². The molecule has 1 saturated carbocycles. The van der Waals surface area contributed by atoms with Gasteiger partial charge >= 0.3 is 93.7 Å². The Labute approximate surface area is 138 Å². The average molecular weight is 337 g/mol. The van der Waals surface area contributed by atoms with Crippen molar-refractivity contribution in [1.82, 2.24) is 0 Å². The van der Waals surface area contributed by atoms with E-state index in [2.05, 4.69) is 6.92 Å². The predicted octanol–water partition coefficient (Wildman–Crippen LogP) is 6.16. The van der Waals surface area contributed by atoms with Crippen molar-refractivity contribution in [2.45, 2.75) is 108 Å². The van der Waals surface area contributed by atoms with Gasteiger partial charge in [0.2, 0.25) is 0 Å². The van der Waals surface area contributed by atoms with Crippen LogP contribution < -0.4 is 0 Å². The molecule has 0 spiro atoms. The Hall–Kier alpha value is 0.636. The van der Waals surface area contributed by atoms with Gasteiger partial charge in [0.25, 0.3) is 0 Å². The van der Waals surface area contributed by atoms with Crippen LogP contribution >= 0.6 is 0 Å². The molecule has 0 aromatic carbocycles. The summed E-state index contributed by atoms with van der Waals surface area (Å²) in [5.41, 5.74) is 0. The minimum Gasteiger partial charge on any atom is -0.0479 e. The van der Waals surface area contributed by atoms with Crippen LogP contribution in [0.3, 0.4) is 0 Å². The number of rotatable bonds is 11. The first-order chi connectivity index (χ1) is 9.83. The molecule has 0 aromatic heterocycles. The van der Waals surface area contributed by atoms with Gasteiger partial charge in [-0.05, 0) is 12.3 Å². The Balaban J connectivity index is 1.84. The molecule has 0 amide bonds. The second-order valence-corrected chi connectivity index (χ2v) is 9.56. The summed E-state index contributed by atoms with van der Waals surface area (Å²) in [4.78, 5) is 1.56. The average Bonchev–Trinajstić information content (AvgIpc) is 2.65. The number of hydrogen-bond acceptors (Lipinski definition) is 0. The molecule has 118 valence electrons. The zero-order valence-electron chi connectivity index (χ0n) is 14.5. The van der Waals surface area contributed by atoms with Crippen molar-refractivity contribution >= 4 is 18.6 Å². The fraction of sp³-hybridized carbons (Fsp3) is 1.00. The molecule has 0 aromatic rings. The van der Waals surface area contributed by atoms with Crippen LogP contribution in [0.15, 0.2) is 0 Å². The summed E-state index contributed by atoms with van der Waals surface area (Å²) in [7, 11) is 0. The van der Waals surface area contributed by atoms with Crippen molar-refractivity contribution in [3.63, 3.8) is 0 Å². The van der Waals surface area contributed by atoms with Crippen molar-refractivity contribution in [2.75, 3.05) is 0 Å². The molecule has 0 heterocycles. The van der Waals surface area contributed by atoms with Gasteiger partial charge in [-0.2, -0.15) is 0 Å². The normalized spacial score (nSPS) is 23.6. The molecule has 1 aliphatic carbocycles. The summed E-state index contributed by atoms with van der Waals surface area (Å²) >= 11 is 1.10. The van der Waals surface area contributed by atoms with Crippen molar-refractivity contribution in [2.24, 2.45) is 11.8 Å². The molecular weight excluding hydrogens is 298 g/mol. The minimum absolute atomic E-state index is 1.01. The predicted molar refractivity (Wildman–Crippen MR) is 95.3 cm³/mol. The Bertz CT molecular complexity index is 202. The summed E-state index contributed by atoms with van der Waals surface area (Å²) in [6.07, 6.45) is 22.7. The molecule has 0 aliphatic heterocycles. The quantitative estimate of drug-likeness (QED) is 0.241. The van der Waals surface area contributed by atoms with Crippen LogP contribution in [0.25, 0.3) is 0 Å². The first-order valence-corrected chi connectivity index (χ1v) is 12.8. The second-order valence-electron chi connectivity index (χ2n) is 7.46. The van der Waals surface area contributed by atoms with E-state index in [1.807, 2.05) is 0 Å². The first-order valence-electron chi connectivity index (χ1n) is 9.83. The first kappa shape index (κ1) is 18.7. The number of hydrogen-bond donors (Lipinski definition) is 0. The van der Waals surface area contributed by atoms with Gasteiger partial charge < -0.3 is 0 Å². The Morgan fingerprint density at radius 2 is 1.30 bits per heavy atom. The SMILES string of the molecule is CC1CCCCC(CCCCCCCCCC[CH2][GaH2])C1. The molecule has 0 nitrogen and oxygen atoms in total. The van der Waals surface area contributed by atoms with E-state index in [0.29, 0.717) is 0 Å². The van der Waals surface area contributed by atoms with Crippen molar-refractivity contribution in [1.29, 1.82) is 0 Å².